The Morgan fingerprint density at radius 1 is 1.35 bits per heavy atom. The maximum Gasteiger partial charge on any atom is 0.275 e. The van der Waals surface area contributed by atoms with Crippen molar-refractivity contribution < 1.29 is 8.78 Å². The fourth-order valence-corrected chi connectivity index (χ4v) is 1.77. The van der Waals surface area contributed by atoms with Gasteiger partial charge in [0.1, 0.15) is 0 Å². The monoisotopic (exact) mass is 239 g/mol. The molecule has 0 amide bonds. The number of nitrogens with one attached hydrogen (secondary N) is 1. The Kier molecular flexibility index (Phi) is 3.48. The molecule has 1 saturated carbocycles. The molecule has 2 rings (SSSR count). The largest absolute Gasteiger partial charge is 0.310 e. The molecule has 0 aromatic heterocycles. The summed E-state index contributed by atoms with van der Waals surface area (Å²) in [4.78, 5) is 0. The molecule has 0 radical (unpaired) electrons. The van der Waals surface area contributed by atoms with Crippen LogP contribution in [0, 0.1) is 5.92 Å². The third kappa shape index (κ3) is 3.03. The molecule has 94 valence electrons. The molecule has 17 heavy (non-hydrogen) atoms. The Morgan fingerprint density at radius 3 is 2.65 bits per heavy atom. The van der Waals surface area contributed by atoms with Gasteiger partial charge in [0.15, 0.2) is 0 Å². The number of alkyl halides is 2. The predicted octanol–water partition coefficient (Wildman–Crippen LogP) is 3.69. The van der Waals surface area contributed by atoms with E-state index in [1.807, 2.05) is 6.07 Å². The van der Waals surface area contributed by atoms with Crippen molar-refractivity contribution in [3.63, 3.8) is 0 Å². The maximum absolute atomic E-state index is 13.8. The van der Waals surface area contributed by atoms with Gasteiger partial charge in [-0.1, -0.05) is 32.0 Å². The van der Waals surface area contributed by atoms with Gasteiger partial charge in [-0.15, -0.1) is 0 Å². The fourth-order valence-electron chi connectivity index (χ4n) is 1.77. The smallest absolute Gasteiger partial charge is 0.275 e. The number of benzene rings is 1. The fraction of sp³-hybridized carbons (Fsp3) is 0.571. The minimum atomic E-state index is -2.74. The molecule has 0 saturated heterocycles. The number of hydrogen-bond acceptors (Lipinski definition) is 1. The molecule has 1 fully saturated rings. The molecule has 0 atom stereocenters. The quantitative estimate of drug-likeness (QED) is 0.826. The van der Waals surface area contributed by atoms with Crippen molar-refractivity contribution in [1.82, 2.24) is 5.32 Å². The molecule has 1 aliphatic rings. The van der Waals surface area contributed by atoms with E-state index in [0.717, 1.165) is 5.56 Å². The van der Waals surface area contributed by atoms with E-state index in [9.17, 15) is 8.78 Å². The summed E-state index contributed by atoms with van der Waals surface area (Å²) in [7, 11) is 0. The third-order valence-corrected chi connectivity index (χ3v) is 3.21. The van der Waals surface area contributed by atoms with Crippen LogP contribution in [0.5, 0.6) is 0 Å². The van der Waals surface area contributed by atoms with Crippen molar-refractivity contribution >= 4 is 0 Å². The first kappa shape index (κ1) is 12.5. The Labute approximate surface area is 101 Å². The van der Waals surface area contributed by atoms with Crippen LogP contribution in [0.25, 0.3) is 0 Å². The summed E-state index contributed by atoms with van der Waals surface area (Å²) in [5, 5.41) is 3.34. The number of hydrogen-bond donors (Lipinski definition) is 1. The Morgan fingerprint density at radius 2 is 2.06 bits per heavy atom. The first-order chi connectivity index (χ1) is 8.00. The van der Waals surface area contributed by atoms with Crippen LogP contribution in [0.2, 0.25) is 0 Å². The molecule has 1 nitrogen and oxygen atoms in total. The molecule has 0 bridgehead atoms. The molecule has 0 aliphatic heterocycles. The van der Waals surface area contributed by atoms with E-state index in [4.69, 9.17) is 0 Å². The summed E-state index contributed by atoms with van der Waals surface area (Å²) in [5.74, 6) is -3.41. The van der Waals surface area contributed by atoms with Crippen molar-refractivity contribution in [3.8, 4) is 0 Å². The highest BCUT2D eigenvalue weighted by Gasteiger charge is 2.35. The van der Waals surface area contributed by atoms with E-state index in [1.165, 1.54) is 18.9 Å². The van der Waals surface area contributed by atoms with Crippen LogP contribution in [0.1, 0.15) is 37.8 Å². The van der Waals surface area contributed by atoms with Crippen molar-refractivity contribution in [1.29, 1.82) is 0 Å². The average molecular weight is 239 g/mol. The van der Waals surface area contributed by atoms with E-state index >= 15 is 0 Å². The normalized spacial score (nSPS) is 16.5. The highest BCUT2D eigenvalue weighted by molar-refractivity contribution is 5.27. The van der Waals surface area contributed by atoms with Gasteiger partial charge in [-0.2, -0.15) is 0 Å². The van der Waals surface area contributed by atoms with Gasteiger partial charge in [0.25, 0.3) is 5.92 Å². The lowest BCUT2D eigenvalue weighted by Gasteiger charge is -2.21. The third-order valence-electron chi connectivity index (χ3n) is 3.21. The van der Waals surface area contributed by atoms with Gasteiger partial charge in [0.2, 0.25) is 0 Å². The highest BCUT2D eigenvalue weighted by Crippen LogP contribution is 2.35. The molecular weight excluding hydrogens is 220 g/mol. The average Bonchev–Trinajstić information content (AvgIpc) is 3.10. The minimum Gasteiger partial charge on any atom is -0.310 e. The highest BCUT2D eigenvalue weighted by atomic mass is 19.3. The van der Waals surface area contributed by atoms with Gasteiger partial charge in [0, 0.05) is 24.1 Å². The minimum absolute atomic E-state index is 0.127. The second kappa shape index (κ2) is 4.73. The van der Waals surface area contributed by atoms with Crippen LogP contribution in [0.3, 0.4) is 0 Å². The zero-order valence-corrected chi connectivity index (χ0v) is 10.3. The standard InChI is InChI=1S/C14H19F2N/c1-10(2)14(15,16)12-5-3-4-11(8-12)9-17-13-6-7-13/h3-5,8,10,13,17H,6-7,9H2,1-2H3. The molecule has 1 aromatic rings. The van der Waals surface area contributed by atoms with E-state index < -0.39 is 11.8 Å². The van der Waals surface area contributed by atoms with Crippen LogP contribution in [0.4, 0.5) is 8.78 Å². The van der Waals surface area contributed by atoms with E-state index in [1.54, 1.807) is 26.0 Å². The topological polar surface area (TPSA) is 12.0 Å². The summed E-state index contributed by atoms with van der Waals surface area (Å²) >= 11 is 0. The zero-order valence-electron chi connectivity index (χ0n) is 10.3. The van der Waals surface area contributed by atoms with Gasteiger partial charge in [-0.25, -0.2) is 8.78 Å². The summed E-state index contributed by atoms with van der Waals surface area (Å²) in [5.41, 5.74) is 1.07. The molecule has 0 spiro atoms. The second-order valence-electron chi connectivity index (χ2n) is 5.13. The number of halogens is 2. The SMILES string of the molecule is CC(C)C(F)(F)c1cccc(CNC2CC2)c1. The van der Waals surface area contributed by atoms with Gasteiger partial charge in [0.05, 0.1) is 0 Å². The molecule has 1 N–H and O–H groups in total. The summed E-state index contributed by atoms with van der Waals surface area (Å²) in [6, 6.07) is 7.35. The van der Waals surface area contributed by atoms with Crippen LogP contribution >= 0.6 is 0 Å². The molecule has 1 aromatic carbocycles. The first-order valence-electron chi connectivity index (χ1n) is 6.20. The molecule has 3 heteroatoms. The first-order valence-corrected chi connectivity index (χ1v) is 6.20. The van der Waals surface area contributed by atoms with Gasteiger partial charge in [-0.3, -0.25) is 0 Å². The Bertz CT molecular complexity index is 384. The molecule has 0 heterocycles. The summed E-state index contributed by atoms with van der Waals surface area (Å²) < 4.78 is 27.7. The summed E-state index contributed by atoms with van der Waals surface area (Å²) in [6.07, 6.45) is 2.42. The van der Waals surface area contributed by atoms with Crippen molar-refractivity contribution in [2.24, 2.45) is 5.92 Å². The van der Waals surface area contributed by atoms with Crippen molar-refractivity contribution in [2.45, 2.75) is 45.2 Å². The summed E-state index contributed by atoms with van der Waals surface area (Å²) in [6.45, 7) is 3.79. The maximum atomic E-state index is 13.8. The van der Waals surface area contributed by atoms with Gasteiger partial charge >= 0.3 is 0 Å². The van der Waals surface area contributed by atoms with E-state index in [0.29, 0.717) is 12.6 Å². The lowest BCUT2D eigenvalue weighted by molar-refractivity contribution is -0.0514. The van der Waals surface area contributed by atoms with Gasteiger partial charge < -0.3 is 5.32 Å². The van der Waals surface area contributed by atoms with Crippen molar-refractivity contribution in [3.05, 3.63) is 35.4 Å². The molecular formula is C14H19F2N. The van der Waals surface area contributed by atoms with Crippen LogP contribution in [-0.2, 0) is 12.5 Å². The Balaban J connectivity index is 2.09. The van der Waals surface area contributed by atoms with Crippen molar-refractivity contribution in [2.75, 3.05) is 0 Å². The second-order valence-corrected chi connectivity index (χ2v) is 5.13. The Hall–Kier alpha value is -0.960. The van der Waals surface area contributed by atoms with Crippen LogP contribution < -0.4 is 5.32 Å². The molecule has 0 unspecified atom stereocenters. The lowest BCUT2D eigenvalue weighted by atomic mass is 9.96. The number of rotatable bonds is 5. The van der Waals surface area contributed by atoms with Crippen LogP contribution in [0.15, 0.2) is 24.3 Å². The van der Waals surface area contributed by atoms with E-state index in [-0.39, 0.29) is 5.56 Å². The van der Waals surface area contributed by atoms with Gasteiger partial charge in [-0.05, 0) is 24.5 Å². The zero-order chi connectivity index (χ0) is 12.5. The van der Waals surface area contributed by atoms with Crippen LogP contribution in [-0.4, -0.2) is 6.04 Å². The molecule has 1 aliphatic carbocycles. The van der Waals surface area contributed by atoms with E-state index in [2.05, 4.69) is 5.32 Å². The predicted molar refractivity (Wildman–Crippen MR) is 65.0 cm³/mol. The lowest BCUT2D eigenvalue weighted by Crippen LogP contribution is -2.21.